The van der Waals surface area contributed by atoms with E-state index in [9.17, 15) is 9.18 Å². The molecular formula is C14H14ClFN2O3. The van der Waals surface area contributed by atoms with E-state index < -0.39 is 11.8 Å². The number of hydrogen-bond donors (Lipinski definition) is 1. The average molecular weight is 313 g/mol. The molecular weight excluding hydrogens is 299 g/mol. The van der Waals surface area contributed by atoms with Gasteiger partial charge in [0.1, 0.15) is 5.82 Å². The molecule has 0 radical (unpaired) electrons. The number of carbonyl (C=O) groups is 1. The highest BCUT2D eigenvalue weighted by Crippen LogP contribution is 2.21. The first kappa shape index (κ1) is 15.4. The molecule has 0 bridgehead atoms. The van der Waals surface area contributed by atoms with Crippen molar-refractivity contribution in [3.8, 4) is 0 Å². The van der Waals surface area contributed by atoms with E-state index in [0.717, 1.165) is 0 Å². The van der Waals surface area contributed by atoms with Crippen molar-refractivity contribution in [2.75, 3.05) is 0 Å². The van der Waals surface area contributed by atoms with Gasteiger partial charge in [-0.3, -0.25) is 4.79 Å². The van der Waals surface area contributed by atoms with Gasteiger partial charge in [0.25, 0.3) is 0 Å². The summed E-state index contributed by atoms with van der Waals surface area (Å²) in [5.41, 5.74) is 0.310. The lowest BCUT2D eigenvalue weighted by Crippen LogP contribution is -2.07. The summed E-state index contributed by atoms with van der Waals surface area (Å²) in [6, 6.07) is 4.43. The number of hydrogen-bond acceptors (Lipinski definition) is 4. The Bertz CT molecular complexity index is 625. The van der Waals surface area contributed by atoms with Gasteiger partial charge in [0.05, 0.1) is 0 Å². The van der Waals surface area contributed by atoms with Crippen LogP contribution in [0.1, 0.15) is 30.6 Å². The maximum Gasteiger partial charge on any atom is 0.303 e. The van der Waals surface area contributed by atoms with E-state index in [-0.39, 0.29) is 18.8 Å². The largest absolute Gasteiger partial charge is 0.481 e. The smallest absolute Gasteiger partial charge is 0.303 e. The molecule has 1 atom stereocenters. The summed E-state index contributed by atoms with van der Waals surface area (Å²) in [6.07, 6.45) is 0.517. The second-order valence-electron chi connectivity index (χ2n) is 4.89. The highest BCUT2D eigenvalue weighted by molar-refractivity contribution is 6.31. The molecule has 0 aliphatic carbocycles. The highest BCUT2D eigenvalue weighted by atomic mass is 35.5. The molecule has 1 unspecified atom stereocenters. The second-order valence-corrected chi connectivity index (χ2v) is 5.30. The van der Waals surface area contributed by atoms with Crippen molar-refractivity contribution in [1.82, 2.24) is 10.1 Å². The van der Waals surface area contributed by atoms with Gasteiger partial charge in [-0.25, -0.2) is 4.39 Å². The molecule has 1 N–H and O–H groups in total. The molecule has 2 aromatic rings. The van der Waals surface area contributed by atoms with Crippen LogP contribution in [0.25, 0.3) is 0 Å². The van der Waals surface area contributed by atoms with Crippen molar-refractivity contribution in [3.05, 3.63) is 46.3 Å². The number of benzene rings is 1. The van der Waals surface area contributed by atoms with Crippen LogP contribution in [0.5, 0.6) is 0 Å². The topological polar surface area (TPSA) is 76.2 Å². The van der Waals surface area contributed by atoms with Crippen molar-refractivity contribution in [2.45, 2.75) is 26.2 Å². The van der Waals surface area contributed by atoms with E-state index in [1.54, 1.807) is 13.0 Å². The fourth-order valence-electron chi connectivity index (χ4n) is 1.97. The molecule has 0 aliphatic rings. The number of aliphatic carboxylic acids is 1. The minimum absolute atomic E-state index is 0.0247. The molecule has 21 heavy (non-hydrogen) atoms. The van der Waals surface area contributed by atoms with E-state index in [1.165, 1.54) is 12.1 Å². The zero-order valence-electron chi connectivity index (χ0n) is 11.3. The first-order valence-corrected chi connectivity index (χ1v) is 6.79. The van der Waals surface area contributed by atoms with Gasteiger partial charge < -0.3 is 9.63 Å². The second kappa shape index (κ2) is 6.67. The Kier molecular flexibility index (Phi) is 4.90. The van der Waals surface area contributed by atoms with E-state index in [0.29, 0.717) is 28.7 Å². The molecule has 0 amide bonds. The Balaban J connectivity index is 2.05. The first-order chi connectivity index (χ1) is 9.95. The molecule has 0 fully saturated rings. The maximum absolute atomic E-state index is 13.7. The van der Waals surface area contributed by atoms with Crippen LogP contribution in [0.3, 0.4) is 0 Å². The lowest BCUT2D eigenvalue weighted by atomic mass is 10.0. The SMILES string of the molecule is CC(CC(=O)O)Cc1nc(Cc2c(F)cccc2Cl)no1. The standard InChI is InChI=1S/C14H14ClFN2O3/c1-8(6-14(19)20)5-13-17-12(18-21-13)7-9-10(15)3-2-4-11(9)16/h2-4,8H,5-7H2,1H3,(H,19,20). The number of rotatable bonds is 6. The summed E-state index contributed by atoms with van der Waals surface area (Å²) in [7, 11) is 0. The zero-order valence-corrected chi connectivity index (χ0v) is 12.1. The molecule has 1 aromatic heterocycles. The van der Waals surface area contributed by atoms with Crippen molar-refractivity contribution >= 4 is 17.6 Å². The van der Waals surface area contributed by atoms with E-state index in [1.807, 2.05) is 0 Å². The number of carboxylic acid groups (broad SMARTS) is 1. The number of aromatic nitrogens is 2. The van der Waals surface area contributed by atoms with Gasteiger partial charge in [0, 0.05) is 29.8 Å². The monoisotopic (exact) mass is 312 g/mol. The third-order valence-electron chi connectivity index (χ3n) is 2.95. The molecule has 1 aromatic carbocycles. The van der Waals surface area contributed by atoms with Gasteiger partial charge in [-0.05, 0) is 18.1 Å². The summed E-state index contributed by atoms with van der Waals surface area (Å²) in [5, 5.41) is 12.8. The van der Waals surface area contributed by atoms with Crippen LogP contribution in [-0.4, -0.2) is 21.2 Å². The van der Waals surface area contributed by atoms with E-state index in [4.69, 9.17) is 21.2 Å². The molecule has 112 valence electrons. The summed E-state index contributed by atoms with van der Waals surface area (Å²) in [6.45, 7) is 1.78. The predicted molar refractivity (Wildman–Crippen MR) is 73.6 cm³/mol. The molecule has 0 saturated heterocycles. The van der Waals surface area contributed by atoms with Crippen molar-refractivity contribution in [1.29, 1.82) is 0 Å². The van der Waals surface area contributed by atoms with Gasteiger partial charge in [-0.2, -0.15) is 4.98 Å². The molecule has 7 heteroatoms. The predicted octanol–water partition coefficient (Wildman–Crippen LogP) is 3.11. The first-order valence-electron chi connectivity index (χ1n) is 6.42. The Labute approximate surface area is 125 Å². The van der Waals surface area contributed by atoms with Crippen LogP contribution in [0.4, 0.5) is 4.39 Å². The molecule has 0 saturated carbocycles. The van der Waals surface area contributed by atoms with Crippen molar-refractivity contribution in [3.63, 3.8) is 0 Å². The lowest BCUT2D eigenvalue weighted by Gasteiger charge is -2.03. The number of nitrogens with zero attached hydrogens (tertiary/aromatic N) is 2. The van der Waals surface area contributed by atoms with Gasteiger partial charge >= 0.3 is 5.97 Å². The van der Waals surface area contributed by atoms with E-state index in [2.05, 4.69) is 10.1 Å². The quantitative estimate of drug-likeness (QED) is 0.887. The minimum Gasteiger partial charge on any atom is -0.481 e. The summed E-state index contributed by atoms with van der Waals surface area (Å²) in [5.74, 6) is -0.757. The summed E-state index contributed by atoms with van der Waals surface area (Å²) >= 11 is 5.94. The minimum atomic E-state index is -0.875. The fraction of sp³-hybridized carbons (Fsp3) is 0.357. The molecule has 0 aliphatic heterocycles. The Hall–Kier alpha value is -1.95. The van der Waals surface area contributed by atoms with Crippen LogP contribution in [0.2, 0.25) is 5.02 Å². The van der Waals surface area contributed by atoms with Gasteiger partial charge in [0.15, 0.2) is 5.82 Å². The molecule has 2 rings (SSSR count). The van der Waals surface area contributed by atoms with Crippen LogP contribution in [-0.2, 0) is 17.6 Å². The van der Waals surface area contributed by atoms with Crippen molar-refractivity contribution < 1.29 is 18.8 Å². The average Bonchev–Trinajstić information content (AvgIpc) is 2.80. The van der Waals surface area contributed by atoms with Crippen LogP contribution >= 0.6 is 11.6 Å². The Morgan fingerprint density at radius 1 is 1.52 bits per heavy atom. The van der Waals surface area contributed by atoms with Gasteiger partial charge in [-0.15, -0.1) is 0 Å². The van der Waals surface area contributed by atoms with Crippen LogP contribution < -0.4 is 0 Å². The number of carboxylic acids is 1. The highest BCUT2D eigenvalue weighted by Gasteiger charge is 2.16. The fourth-order valence-corrected chi connectivity index (χ4v) is 2.20. The van der Waals surface area contributed by atoms with Gasteiger partial charge in [-0.1, -0.05) is 29.7 Å². The Morgan fingerprint density at radius 3 is 2.95 bits per heavy atom. The number of halogens is 2. The van der Waals surface area contributed by atoms with Crippen LogP contribution in [0.15, 0.2) is 22.7 Å². The zero-order chi connectivity index (χ0) is 15.4. The van der Waals surface area contributed by atoms with Crippen molar-refractivity contribution in [2.24, 2.45) is 5.92 Å². The molecule has 1 heterocycles. The Morgan fingerprint density at radius 2 is 2.29 bits per heavy atom. The van der Waals surface area contributed by atoms with Crippen LogP contribution in [0, 0.1) is 11.7 Å². The summed E-state index contributed by atoms with van der Waals surface area (Å²) < 4.78 is 18.7. The third kappa shape index (κ3) is 4.26. The van der Waals surface area contributed by atoms with Gasteiger partial charge in [0.2, 0.25) is 5.89 Å². The van der Waals surface area contributed by atoms with E-state index >= 15 is 0 Å². The molecule has 0 spiro atoms. The lowest BCUT2D eigenvalue weighted by molar-refractivity contribution is -0.137. The normalized spacial score (nSPS) is 12.3. The molecule has 5 nitrogen and oxygen atoms in total. The third-order valence-corrected chi connectivity index (χ3v) is 3.31. The maximum atomic E-state index is 13.7. The summed E-state index contributed by atoms with van der Waals surface area (Å²) in [4.78, 5) is 14.7.